The van der Waals surface area contributed by atoms with Crippen LogP contribution in [-0.2, 0) is 0 Å². The number of fused-ring (bicyclic) bond motifs is 11. The summed E-state index contributed by atoms with van der Waals surface area (Å²) in [4.78, 5) is 0. The summed E-state index contributed by atoms with van der Waals surface area (Å²) in [5, 5.41) is 10.1. The third kappa shape index (κ3) is 5.02. The Morgan fingerprint density at radius 1 is 0.250 bits per heavy atom. The van der Waals surface area contributed by atoms with E-state index in [0.717, 1.165) is 11.4 Å². The van der Waals surface area contributed by atoms with Crippen molar-refractivity contribution in [2.45, 2.75) is 0 Å². The van der Waals surface area contributed by atoms with Gasteiger partial charge in [-0.15, -0.1) is 0 Å². The molecule has 296 valence electrons. The second-order valence-electron chi connectivity index (χ2n) is 17.2. The van der Waals surface area contributed by atoms with Crippen molar-refractivity contribution >= 4 is 65.2 Å². The molecule has 11 aromatic carbocycles. The molecule has 14 rings (SSSR count). The largest absolute Gasteiger partial charge is 0.309 e. The first-order valence-electron chi connectivity index (χ1n) is 22.2. The number of aromatic nitrogens is 2. The van der Waals surface area contributed by atoms with E-state index in [1.54, 1.807) is 0 Å². The van der Waals surface area contributed by atoms with Crippen LogP contribution in [0.25, 0.3) is 132 Å². The van der Waals surface area contributed by atoms with Gasteiger partial charge in [0.05, 0.1) is 27.8 Å². The zero-order valence-electron chi connectivity index (χ0n) is 34.8. The van der Waals surface area contributed by atoms with E-state index >= 15 is 0 Å². The molecule has 2 nitrogen and oxygen atoms in total. The Hall–Kier alpha value is -8.46. The predicted octanol–water partition coefficient (Wildman–Crippen LogP) is 16.8. The summed E-state index contributed by atoms with van der Waals surface area (Å²) >= 11 is 0. The topological polar surface area (TPSA) is 9.86 Å². The van der Waals surface area contributed by atoms with Crippen LogP contribution in [0.5, 0.6) is 0 Å². The van der Waals surface area contributed by atoms with Gasteiger partial charge in [0.15, 0.2) is 0 Å². The molecule has 2 aromatic heterocycles. The molecule has 2 heterocycles. The molecule has 0 saturated heterocycles. The van der Waals surface area contributed by atoms with Crippen molar-refractivity contribution in [3.05, 3.63) is 231 Å². The van der Waals surface area contributed by atoms with Crippen molar-refractivity contribution in [1.29, 1.82) is 0 Å². The third-order valence-electron chi connectivity index (χ3n) is 13.9. The van der Waals surface area contributed by atoms with Crippen LogP contribution in [0.2, 0.25) is 0 Å². The quantitative estimate of drug-likeness (QED) is 0.164. The summed E-state index contributed by atoms with van der Waals surface area (Å²) in [7, 11) is 0. The fourth-order valence-corrected chi connectivity index (χ4v) is 11.0. The highest BCUT2D eigenvalue weighted by Gasteiger charge is 2.23. The molecular weight excluding hydrogens is 773 g/mol. The SMILES string of the molecule is c1ccc(-n2c3ccccc3c3ccc(-c4ccc5c(c4)c4ccc6ccccc6c4n5-c4ccccc4-c4cccc(-c5ccc6c7c(cccc57)-c5ccccc5-6)c4)cc32)cc1. The Kier molecular flexibility index (Phi) is 7.43. The van der Waals surface area contributed by atoms with Crippen LogP contribution >= 0.6 is 0 Å². The van der Waals surface area contributed by atoms with Crippen molar-refractivity contribution in [2.24, 2.45) is 0 Å². The maximum atomic E-state index is 2.52. The molecule has 0 spiro atoms. The third-order valence-corrected chi connectivity index (χ3v) is 13.9. The fraction of sp³-hybridized carbons (Fsp3) is 0. The van der Waals surface area contributed by atoms with Gasteiger partial charge in [0.25, 0.3) is 0 Å². The van der Waals surface area contributed by atoms with Gasteiger partial charge in [-0.3, -0.25) is 0 Å². The highest BCUT2D eigenvalue weighted by Crippen LogP contribution is 2.50. The molecule has 0 radical (unpaired) electrons. The van der Waals surface area contributed by atoms with Gasteiger partial charge in [-0.05, 0) is 115 Å². The van der Waals surface area contributed by atoms with E-state index in [4.69, 9.17) is 0 Å². The first kappa shape index (κ1) is 35.2. The van der Waals surface area contributed by atoms with E-state index < -0.39 is 0 Å². The molecule has 0 bridgehead atoms. The number of para-hydroxylation sites is 3. The minimum atomic E-state index is 1.16. The lowest BCUT2D eigenvalue weighted by Crippen LogP contribution is -1.98. The smallest absolute Gasteiger partial charge is 0.0619 e. The van der Waals surface area contributed by atoms with Crippen molar-refractivity contribution in [2.75, 3.05) is 0 Å². The van der Waals surface area contributed by atoms with Crippen LogP contribution in [0.3, 0.4) is 0 Å². The molecule has 64 heavy (non-hydrogen) atoms. The van der Waals surface area contributed by atoms with Gasteiger partial charge in [0.2, 0.25) is 0 Å². The number of hydrogen-bond acceptors (Lipinski definition) is 0. The van der Waals surface area contributed by atoms with Gasteiger partial charge in [-0.25, -0.2) is 0 Å². The van der Waals surface area contributed by atoms with Gasteiger partial charge in [0.1, 0.15) is 0 Å². The van der Waals surface area contributed by atoms with Crippen molar-refractivity contribution in [3.63, 3.8) is 0 Å². The molecule has 0 amide bonds. The monoisotopic (exact) mass is 810 g/mol. The second-order valence-corrected chi connectivity index (χ2v) is 17.2. The molecule has 0 fully saturated rings. The summed E-state index contributed by atoms with van der Waals surface area (Å²) in [6, 6.07) is 85.3. The lowest BCUT2D eigenvalue weighted by molar-refractivity contribution is 1.18. The lowest BCUT2D eigenvalue weighted by atomic mass is 9.92. The maximum Gasteiger partial charge on any atom is 0.0619 e. The molecular formula is C62H38N2. The molecule has 0 atom stereocenters. The summed E-state index contributed by atoms with van der Waals surface area (Å²) in [6.07, 6.45) is 0. The molecule has 1 aliphatic carbocycles. The summed E-state index contributed by atoms with van der Waals surface area (Å²) in [6.45, 7) is 0. The first-order chi connectivity index (χ1) is 31.8. The van der Waals surface area contributed by atoms with Crippen LogP contribution < -0.4 is 0 Å². The number of benzene rings is 11. The van der Waals surface area contributed by atoms with Crippen LogP contribution in [-0.4, -0.2) is 9.13 Å². The maximum absolute atomic E-state index is 2.52. The molecule has 0 unspecified atom stereocenters. The molecule has 0 N–H and O–H groups in total. The zero-order valence-corrected chi connectivity index (χ0v) is 34.8. The number of hydrogen-bond donors (Lipinski definition) is 0. The molecule has 2 heteroatoms. The van der Waals surface area contributed by atoms with Gasteiger partial charge in [0, 0.05) is 38.2 Å². The Morgan fingerprint density at radius 2 is 0.844 bits per heavy atom. The Morgan fingerprint density at radius 3 is 1.72 bits per heavy atom. The summed E-state index contributed by atoms with van der Waals surface area (Å²) < 4.78 is 4.92. The van der Waals surface area contributed by atoms with Crippen molar-refractivity contribution < 1.29 is 0 Å². The molecule has 0 saturated carbocycles. The van der Waals surface area contributed by atoms with E-state index in [9.17, 15) is 0 Å². The number of rotatable bonds is 5. The van der Waals surface area contributed by atoms with E-state index in [2.05, 4.69) is 240 Å². The Bertz CT molecular complexity index is 4040. The average molecular weight is 811 g/mol. The van der Waals surface area contributed by atoms with Crippen LogP contribution in [0.1, 0.15) is 0 Å². The standard InChI is InChI=1S/C62H38N2/c1-2-17-44(18-3-1)63-58-27-11-9-23-50(58)51-31-29-41(38-60(51)63)40-30-35-59-56(37-40)55-32-28-39-14-4-5-20-47(39)62(55)64(59)57-26-10-8-19-46(57)43-16-12-15-42(36-43)45-33-34-54-49-22-7-6-21-48(49)53-25-13-24-52(45)61(53)54/h1-38H. The van der Waals surface area contributed by atoms with E-state index in [1.807, 2.05) is 0 Å². The summed E-state index contributed by atoms with van der Waals surface area (Å²) in [5.74, 6) is 0. The van der Waals surface area contributed by atoms with E-state index in [1.165, 1.54) is 121 Å². The first-order valence-corrected chi connectivity index (χ1v) is 22.2. The predicted molar refractivity (Wildman–Crippen MR) is 271 cm³/mol. The van der Waals surface area contributed by atoms with Crippen LogP contribution in [0, 0.1) is 0 Å². The summed E-state index contributed by atoms with van der Waals surface area (Å²) in [5.41, 5.74) is 19.7. The fourth-order valence-electron chi connectivity index (χ4n) is 11.0. The van der Waals surface area contributed by atoms with Crippen LogP contribution in [0.15, 0.2) is 231 Å². The van der Waals surface area contributed by atoms with Crippen molar-refractivity contribution in [1.82, 2.24) is 9.13 Å². The Labute approximate surface area is 370 Å². The van der Waals surface area contributed by atoms with E-state index in [0.29, 0.717) is 0 Å². The minimum absolute atomic E-state index is 1.16. The van der Waals surface area contributed by atoms with E-state index in [-0.39, 0.29) is 0 Å². The Balaban J connectivity index is 0.957. The van der Waals surface area contributed by atoms with Crippen molar-refractivity contribution in [3.8, 4) is 67.0 Å². The molecule has 13 aromatic rings. The highest BCUT2D eigenvalue weighted by molar-refractivity contribution is 6.21. The molecule has 1 aliphatic rings. The van der Waals surface area contributed by atoms with Gasteiger partial charge in [-0.2, -0.15) is 0 Å². The second kappa shape index (κ2) is 13.5. The normalized spacial score (nSPS) is 12.1. The average Bonchev–Trinajstić information content (AvgIpc) is 4.00. The van der Waals surface area contributed by atoms with Gasteiger partial charge >= 0.3 is 0 Å². The minimum Gasteiger partial charge on any atom is -0.309 e. The highest BCUT2D eigenvalue weighted by atomic mass is 15.0. The van der Waals surface area contributed by atoms with Crippen LogP contribution in [0.4, 0.5) is 0 Å². The lowest BCUT2D eigenvalue weighted by Gasteiger charge is -2.16. The van der Waals surface area contributed by atoms with Gasteiger partial charge in [-0.1, -0.05) is 182 Å². The molecule has 0 aliphatic heterocycles. The number of nitrogens with zero attached hydrogens (tertiary/aromatic N) is 2. The zero-order chi connectivity index (χ0) is 41.9. The van der Waals surface area contributed by atoms with Gasteiger partial charge < -0.3 is 9.13 Å².